The maximum absolute atomic E-state index is 12.9. The fraction of sp³-hybridized carbons (Fsp3) is 0.857. The SMILES string of the molecule is C[C@@H](O[Si](C)(C)C(C)(C)C)[C@H]1C(=O)N2C(CO[Si](C)(C)C(C)(C)C)=CC[C@H]12. The number of nitrogens with zero attached hydrogens (tertiary/aromatic N) is 1. The van der Waals surface area contributed by atoms with E-state index in [9.17, 15) is 4.79 Å². The van der Waals surface area contributed by atoms with Crippen molar-refractivity contribution in [2.24, 2.45) is 5.92 Å². The Labute approximate surface area is 168 Å². The topological polar surface area (TPSA) is 38.8 Å². The summed E-state index contributed by atoms with van der Waals surface area (Å²) in [5.74, 6) is 0.203. The molecule has 0 N–H and O–H groups in total. The summed E-state index contributed by atoms with van der Waals surface area (Å²) in [5.41, 5.74) is 1.06. The second-order valence-electron chi connectivity index (χ2n) is 11.4. The number of β-lactam (4-membered cyclic amide) rings is 1. The normalized spacial score (nSPS) is 25.2. The van der Waals surface area contributed by atoms with Gasteiger partial charge in [-0.15, -0.1) is 0 Å². The maximum Gasteiger partial charge on any atom is 0.234 e. The first-order chi connectivity index (χ1) is 12.0. The summed E-state index contributed by atoms with van der Waals surface area (Å²) in [6, 6.07) is 0.260. The van der Waals surface area contributed by atoms with Crippen LogP contribution in [-0.4, -0.2) is 46.2 Å². The molecule has 6 heteroatoms. The molecule has 4 nitrogen and oxygen atoms in total. The van der Waals surface area contributed by atoms with Gasteiger partial charge in [-0.3, -0.25) is 4.79 Å². The van der Waals surface area contributed by atoms with Crippen molar-refractivity contribution in [3.8, 4) is 0 Å². The number of carbonyl (C=O) groups is 1. The van der Waals surface area contributed by atoms with Crippen LogP contribution < -0.4 is 0 Å². The number of rotatable bonds is 6. The van der Waals surface area contributed by atoms with Crippen LogP contribution in [0, 0.1) is 5.92 Å². The molecule has 1 saturated heterocycles. The first kappa shape index (κ1) is 22.8. The summed E-state index contributed by atoms with van der Waals surface area (Å²) >= 11 is 0. The van der Waals surface area contributed by atoms with Gasteiger partial charge in [-0.05, 0) is 49.6 Å². The van der Waals surface area contributed by atoms with E-state index in [1.165, 1.54) is 0 Å². The maximum atomic E-state index is 12.9. The van der Waals surface area contributed by atoms with Crippen LogP contribution in [0.25, 0.3) is 0 Å². The van der Waals surface area contributed by atoms with Crippen molar-refractivity contribution < 1.29 is 13.6 Å². The molecule has 1 amide bonds. The average molecular weight is 412 g/mol. The number of hydrogen-bond donors (Lipinski definition) is 0. The molecular weight excluding hydrogens is 370 g/mol. The molecule has 0 aliphatic carbocycles. The van der Waals surface area contributed by atoms with Gasteiger partial charge in [0.2, 0.25) is 5.91 Å². The number of carbonyl (C=O) groups excluding carboxylic acids is 1. The van der Waals surface area contributed by atoms with Crippen molar-refractivity contribution in [2.75, 3.05) is 6.61 Å². The molecule has 0 aromatic rings. The Balaban J connectivity index is 1.98. The van der Waals surface area contributed by atoms with Crippen LogP contribution in [0.4, 0.5) is 0 Å². The Hall–Kier alpha value is -0.436. The summed E-state index contributed by atoms with van der Waals surface area (Å²) in [7, 11) is -3.68. The average Bonchev–Trinajstić information content (AvgIpc) is 2.80. The minimum atomic E-state index is -1.87. The van der Waals surface area contributed by atoms with Crippen molar-refractivity contribution >= 4 is 22.5 Å². The van der Waals surface area contributed by atoms with Crippen LogP contribution in [0.3, 0.4) is 0 Å². The highest BCUT2D eigenvalue weighted by molar-refractivity contribution is 6.74. The summed E-state index contributed by atoms with van der Waals surface area (Å²) in [5, 5.41) is 0.336. The van der Waals surface area contributed by atoms with E-state index >= 15 is 0 Å². The van der Waals surface area contributed by atoms with Gasteiger partial charge >= 0.3 is 0 Å². The minimum Gasteiger partial charge on any atom is -0.413 e. The number of fused-ring (bicyclic) bond motifs is 1. The van der Waals surface area contributed by atoms with Crippen LogP contribution in [0.1, 0.15) is 54.9 Å². The van der Waals surface area contributed by atoms with Gasteiger partial charge in [0.05, 0.1) is 24.7 Å². The first-order valence-electron chi connectivity index (χ1n) is 10.3. The van der Waals surface area contributed by atoms with Crippen LogP contribution in [0.15, 0.2) is 11.8 Å². The molecule has 0 radical (unpaired) electrons. The molecule has 0 aromatic heterocycles. The van der Waals surface area contributed by atoms with Gasteiger partial charge in [0.25, 0.3) is 0 Å². The molecular formula is C21H41NO3Si2. The minimum absolute atomic E-state index is 0.0132. The van der Waals surface area contributed by atoms with Crippen LogP contribution in [0.5, 0.6) is 0 Å². The lowest BCUT2D eigenvalue weighted by Crippen LogP contribution is -2.63. The van der Waals surface area contributed by atoms with Gasteiger partial charge in [-0.2, -0.15) is 0 Å². The molecule has 156 valence electrons. The van der Waals surface area contributed by atoms with Gasteiger partial charge in [0, 0.05) is 5.70 Å². The molecule has 2 rings (SSSR count). The van der Waals surface area contributed by atoms with E-state index in [4.69, 9.17) is 8.85 Å². The predicted molar refractivity (Wildman–Crippen MR) is 118 cm³/mol. The number of amides is 1. The quantitative estimate of drug-likeness (QED) is 0.426. The van der Waals surface area contributed by atoms with E-state index in [2.05, 4.69) is 80.7 Å². The van der Waals surface area contributed by atoms with Crippen LogP contribution >= 0.6 is 0 Å². The molecule has 1 fully saturated rings. The summed E-state index contributed by atoms with van der Waals surface area (Å²) in [6.07, 6.45) is 3.11. The second-order valence-corrected chi connectivity index (χ2v) is 20.9. The monoisotopic (exact) mass is 411 g/mol. The molecule has 0 spiro atoms. The Morgan fingerprint density at radius 2 is 1.59 bits per heavy atom. The predicted octanol–water partition coefficient (Wildman–Crippen LogP) is 5.53. The Morgan fingerprint density at radius 3 is 2.07 bits per heavy atom. The van der Waals surface area contributed by atoms with E-state index in [-0.39, 0.29) is 34.0 Å². The first-order valence-corrected chi connectivity index (χ1v) is 16.2. The molecule has 0 bridgehead atoms. The van der Waals surface area contributed by atoms with Crippen molar-refractivity contribution in [1.29, 1.82) is 0 Å². The molecule has 2 aliphatic rings. The van der Waals surface area contributed by atoms with Gasteiger partial charge in [-0.25, -0.2) is 0 Å². The molecule has 3 atom stereocenters. The zero-order chi connectivity index (χ0) is 21.0. The Kier molecular flexibility index (Phi) is 6.02. The fourth-order valence-corrected chi connectivity index (χ4v) is 5.73. The van der Waals surface area contributed by atoms with E-state index in [1.54, 1.807) is 0 Å². The lowest BCUT2D eigenvalue weighted by molar-refractivity contribution is -0.157. The zero-order valence-corrected chi connectivity index (χ0v) is 21.4. The van der Waals surface area contributed by atoms with Crippen LogP contribution in [-0.2, 0) is 13.6 Å². The van der Waals surface area contributed by atoms with Gasteiger partial charge in [0.1, 0.15) is 0 Å². The standard InChI is InChI=1S/C21H41NO3Si2/c1-15(25-27(10,11)21(5,6)7)18-17-13-12-16(22(17)19(18)23)14-24-26(8,9)20(2,3)4/h12,15,17-18H,13-14H2,1-11H3/t15-,17-,18-/m1/s1. The molecule has 0 unspecified atom stereocenters. The summed E-state index contributed by atoms with van der Waals surface area (Å²) < 4.78 is 12.9. The van der Waals surface area contributed by atoms with Crippen LogP contribution in [0.2, 0.25) is 36.3 Å². The summed E-state index contributed by atoms with van der Waals surface area (Å²) in [6.45, 7) is 25.2. The Morgan fingerprint density at radius 1 is 1.07 bits per heavy atom. The highest BCUT2D eigenvalue weighted by atomic mass is 28.4. The lowest BCUT2D eigenvalue weighted by atomic mass is 9.83. The van der Waals surface area contributed by atoms with Crippen molar-refractivity contribution in [3.63, 3.8) is 0 Å². The lowest BCUT2D eigenvalue weighted by Gasteiger charge is -2.49. The third-order valence-corrected chi connectivity index (χ3v) is 16.4. The molecule has 2 heterocycles. The summed E-state index contributed by atoms with van der Waals surface area (Å²) in [4.78, 5) is 14.9. The van der Waals surface area contributed by atoms with E-state index < -0.39 is 16.6 Å². The molecule has 27 heavy (non-hydrogen) atoms. The van der Waals surface area contributed by atoms with Crippen molar-refractivity contribution in [2.45, 2.75) is 103 Å². The van der Waals surface area contributed by atoms with Gasteiger partial charge < -0.3 is 13.8 Å². The van der Waals surface area contributed by atoms with Gasteiger partial charge in [-0.1, -0.05) is 47.6 Å². The van der Waals surface area contributed by atoms with Gasteiger partial charge in [0.15, 0.2) is 16.6 Å². The zero-order valence-electron chi connectivity index (χ0n) is 19.4. The Bertz CT molecular complexity index is 614. The van der Waals surface area contributed by atoms with E-state index in [1.807, 2.05) is 4.90 Å². The van der Waals surface area contributed by atoms with Crippen molar-refractivity contribution in [1.82, 2.24) is 4.90 Å². The fourth-order valence-electron chi connectivity index (χ4n) is 3.36. The third kappa shape index (κ3) is 4.28. The third-order valence-electron chi connectivity index (χ3n) is 7.35. The molecule has 2 aliphatic heterocycles. The molecule has 0 aromatic carbocycles. The second kappa shape index (κ2) is 7.11. The van der Waals surface area contributed by atoms with E-state index in [0.717, 1.165) is 12.1 Å². The molecule has 0 saturated carbocycles. The smallest absolute Gasteiger partial charge is 0.234 e. The van der Waals surface area contributed by atoms with Crippen molar-refractivity contribution in [3.05, 3.63) is 11.8 Å². The highest BCUT2D eigenvalue weighted by Gasteiger charge is 2.55. The number of hydrogen-bond acceptors (Lipinski definition) is 3. The highest BCUT2D eigenvalue weighted by Crippen LogP contribution is 2.45. The van der Waals surface area contributed by atoms with E-state index in [0.29, 0.717) is 6.61 Å². The largest absolute Gasteiger partial charge is 0.413 e.